The number of furan rings is 1. The highest BCUT2D eigenvalue weighted by Crippen LogP contribution is 2.24. The van der Waals surface area contributed by atoms with Crippen LogP contribution in [0.15, 0.2) is 52.2 Å². The summed E-state index contributed by atoms with van der Waals surface area (Å²) < 4.78 is 12.4. The Labute approximate surface area is 155 Å². The van der Waals surface area contributed by atoms with E-state index in [4.69, 9.17) is 9.15 Å². The van der Waals surface area contributed by atoms with Crippen LogP contribution >= 0.6 is 11.8 Å². The van der Waals surface area contributed by atoms with E-state index in [9.17, 15) is 4.79 Å². The van der Waals surface area contributed by atoms with Gasteiger partial charge in [0.25, 0.3) is 0 Å². The van der Waals surface area contributed by atoms with Gasteiger partial charge in [-0.05, 0) is 36.8 Å². The number of ether oxygens (including phenoxy) is 1. The maximum absolute atomic E-state index is 12.1. The molecule has 0 unspecified atom stereocenters. The Bertz CT molecular complexity index is 844. The fourth-order valence-electron chi connectivity index (χ4n) is 2.39. The number of nitrogens with zero attached hydrogens (tertiary/aromatic N) is 3. The molecule has 0 radical (unpaired) electrons. The normalized spacial score (nSPS) is 10.7. The molecule has 3 rings (SSSR count). The quantitative estimate of drug-likeness (QED) is 0.612. The molecule has 0 saturated heterocycles. The minimum atomic E-state index is -0.0592. The molecule has 2 heterocycles. The molecular weight excluding hydrogens is 352 g/mol. The van der Waals surface area contributed by atoms with Gasteiger partial charge in [0.05, 0.1) is 19.1 Å². The first-order valence-electron chi connectivity index (χ1n) is 8.20. The van der Waals surface area contributed by atoms with Crippen molar-refractivity contribution in [2.75, 3.05) is 12.9 Å². The summed E-state index contributed by atoms with van der Waals surface area (Å²) in [6.45, 7) is 3.17. The predicted octanol–water partition coefficient (Wildman–Crippen LogP) is 2.98. The SMILES string of the molecule is CCn1c(SCC(=O)NCc2ccc(OC)cc2)nnc1-c1ccco1. The van der Waals surface area contributed by atoms with E-state index in [0.717, 1.165) is 11.3 Å². The average Bonchev–Trinajstić information content (AvgIpc) is 3.34. The number of hydrogen-bond acceptors (Lipinski definition) is 6. The summed E-state index contributed by atoms with van der Waals surface area (Å²) in [4.78, 5) is 12.1. The second-order valence-electron chi connectivity index (χ2n) is 5.44. The second-order valence-corrected chi connectivity index (χ2v) is 6.38. The minimum absolute atomic E-state index is 0.0592. The van der Waals surface area contributed by atoms with E-state index in [1.54, 1.807) is 13.4 Å². The van der Waals surface area contributed by atoms with Gasteiger partial charge in [-0.1, -0.05) is 23.9 Å². The first-order chi connectivity index (χ1) is 12.7. The van der Waals surface area contributed by atoms with Crippen molar-refractivity contribution < 1.29 is 13.9 Å². The predicted molar refractivity (Wildman–Crippen MR) is 99.0 cm³/mol. The molecule has 0 aliphatic rings. The zero-order valence-corrected chi connectivity index (χ0v) is 15.5. The Kier molecular flexibility index (Phi) is 5.96. The molecule has 3 aromatic rings. The number of methoxy groups -OCH3 is 1. The van der Waals surface area contributed by atoms with Crippen LogP contribution in [0, 0.1) is 0 Å². The summed E-state index contributed by atoms with van der Waals surface area (Å²) in [5.41, 5.74) is 1.01. The Morgan fingerprint density at radius 1 is 1.27 bits per heavy atom. The highest BCUT2D eigenvalue weighted by atomic mass is 32.2. The standard InChI is InChI=1S/C18H20N4O3S/c1-3-22-17(15-5-4-10-25-15)20-21-18(22)26-12-16(23)19-11-13-6-8-14(24-2)9-7-13/h4-10H,3,11-12H2,1-2H3,(H,19,23). The van der Waals surface area contributed by atoms with Crippen LogP contribution in [0.2, 0.25) is 0 Å². The number of carbonyl (C=O) groups is 1. The average molecular weight is 372 g/mol. The lowest BCUT2D eigenvalue weighted by Crippen LogP contribution is -2.24. The number of nitrogens with one attached hydrogen (secondary N) is 1. The third kappa shape index (κ3) is 4.26. The lowest BCUT2D eigenvalue weighted by Gasteiger charge is -2.07. The van der Waals surface area contributed by atoms with E-state index in [0.29, 0.717) is 29.8 Å². The van der Waals surface area contributed by atoms with Crippen LogP contribution in [0.3, 0.4) is 0 Å². The number of thioether (sulfide) groups is 1. The highest BCUT2D eigenvalue weighted by Gasteiger charge is 2.16. The van der Waals surface area contributed by atoms with Crippen molar-refractivity contribution in [3.63, 3.8) is 0 Å². The third-order valence-electron chi connectivity index (χ3n) is 3.76. The molecule has 0 spiro atoms. The van der Waals surface area contributed by atoms with E-state index < -0.39 is 0 Å². The Morgan fingerprint density at radius 3 is 2.73 bits per heavy atom. The van der Waals surface area contributed by atoms with Crippen LogP contribution in [-0.2, 0) is 17.9 Å². The number of aromatic nitrogens is 3. The zero-order valence-electron chi connectivity index (χ0n) is 14.6. The van der Waals surface area contributed by atoms with Crippen molar-refractivity contribution in [1.29, 1.82) is 0 Å². The van der Waals surface area contributed by atoms with Gasteiger partial charge >= 0.3 is 0 Å². The number of hydrogen-bond donors (Lipinski definition) is 1. The van der Waals surface area contributed by atoms with Crippen molar-refractivity contribution in [2.45, 2.75) is 25.2 Å². The number of carbonyl (C=O) groups excluding carboxylic acids is 1. The summed E-state index contributed by atoms with van der Waals surface area (Å²) in [6, 6.07) is 11.2. The van der Waals surface area contributed by atoms with Crippen LogP contribution in [0.5, 0.6) is 5.75 Å². The second kappa shape index (κ2) is 8.57. The van der Waals surface area contributed by atoms with Crippen LogP contribution in [-0.4, -0.2) is 33.5 Å². The Hall–Kier alpha value is -2.74. The topological polar surface area (TPSA) is 82.2 Å². The van der Waals surface area contributed by atoms with Crippen molar-refractivity contribution in [1.82, 2.24) is 20.1 Å². The number of benzene rings is 1. The van der Waals surface area contributed by atoms with Crippen LogP contribution < -0.4 is 10.1 Å². The number of amides is 1. The lowest BCUT2D eigenvalue weighted by molar-refractivity contribution is -0.118. The van der Waals surface area contributed by atoms with Crippen molar-refractivity contribution >= 4 is 17.7 Å². The molecule has 136 valence electrons. The van der Waals surface area contributed by atoms with Gasteiger partial charge in [0, 0.05) is 13.1 Å². The molecular formula is C18H20N4O3S. The Balaban J connectivity index is 1.54. The molecule has 0 aliphatic heterocycles. The molecule has 0 fully saturated rings. The van der Waals surface area contributed by atoms with Crippen LogP contribution in [0.4, 0.5) is 0 Å². The molecule has 8 heteroatoms. The van der Waals surface area contributed by atoms with Crippen molar-refractivity contribution in [2.24, 2.45) is 0 Å². The van der Waals surface area contributed by atoms with Gasteiger partial charge < -0.3 is 14.5 Å². The van der Waals surface area contributed by atoms with E-state index in [-0.39, 0.29) is 11.7 Å². The molecule has 0 bridgehead atoms. The van der Waals surface area contributed by atoms with E-state index in [1.165, 1.54) is 11.8 Å². The summed E-state index contributed by atoms with van der Waals surface area (Å²) in [5, 5.41) is 11.9. The summed E-state index contributed by atoms with van der Waals surface area (Å²) in [5.74, 6) is 2.33. The van der Waals surface area contributed by atoms with Gasteiger partial charge in [0.2, 0.25) is 5.91 Å². The van der Waals surface area contributed by atoms with E-state index in [1.807, 2.05) is 47.9 Å². The smallest absolute Gasteiger partial charge is 0.230 e. The molecule has 0 aliphatic carbocycles. The minimum Gasteiger partial charge on any atom is -0.497 e. The van der Waals surface area contributed by atoms with Gasteiger partial charge in [-0.25, -0.2) is 0 Å². The zero-order chi connectivity index (χ0) is 18.4. The molecule has 26 heavy (non-hydrogen) atoms. The molecule has 0 atom stereocenters. The molecule has 1 aromatic carbocycles. The largest absolute Gasteiger partial charge is 0.497 e. The van der Waals surface area contributed by atoms with E-state index >= 15 is 0 Å². The van der Waals surface area contributed by atoms with Crippen molar-refractivity contribution in [3.05, 3.63) is 48.2 Å². The first kappa shape index (κ1) is 18.1. The van der Waals surface area contributed by atoms with Gasteiger partial charge in [-0.2, -0.15) is 0 Å². The molecule has 2 aromatic heterocycles. The summed E-state index contributed by atoms with van der Waals surface area (Å²) in [7, 11) is 1.63. The van der Waals surface area contributed by atoms with Crippen LogP contribution in [0.25, 0.3) is 11.6 Å². The molecule has 0 saturated carbocycles. The summed E-state index contributed by atoms with van der Waals surface area (Å²) in [6.07, 6.45) is 1.60. The van der Waals surface area contributed by atoms with Gasteiger partial charge in [-0.15, -0.1) is 10.2 Å². The first-order valence-corrected chi connectivity index (χ1v) is 9.19. The van der Waals surface area contributed by atoms with Crippen molar-refractivity contribution in [3.8, 4) is 17.3 Å². The van der Waals surface area contributed by atoms with E-state index in [2.05, 4.69) is 15.5 Å². The molecule has 7 nitrogen and oxygen atoms in total. The third-order valence-corrected chi connectivity index (χ3v) is 4.72. The monoisotopic (exact) mass is 372 g/mol. The maximum Gasteiger partial charge on any atom is 0.230 e. The highest BCUT2D eigenvalue weighted by molar-refractivity contribution is 7.99. The molecule has 1 amide bonds. The lowest BCUT2D eigenvalue weighted by atomic mass is 10.2. The van der Waals surface area contributed by atoms with Gasteiger partial charge in [0.1, 0.15) is 5.75 Å². The maximum atomic E-state index is 12.1. The van der Waals surface area contributed by atoms with Crippen LogP contribution in [0.1, 0.15) is 12.5 Å². The fraction of sp³-hybridized carbons (Fsp3) is 0.278. The molecule has 1 N–H and O–H groups in total. The Morgan fingerprint density at radius 2 is 2.08 bits per heavy atom. The number of rotatable bonds is 8. The fourth-order valence-corrected chi connectivity index (χ4v) is 3.23. The van der Waals surface area contributed by atoms with Gasteiger partial charge in [-0.3, -0.25) is 9.36 Å². The van der Waals surface area contributed by atoms with Gasteiger partial charge in [0.15, 0.2) is 16.7 Å². The summed E-state index contributed by atoms with van der Waals surface area (Å²) >= 11 is 1.35.